The molecule has 1 amide bonds. The van der Waals surface area contributed by atoms with E-state index < -0.39 is 0 Å². The second kappa shape index (κ2) is 5.62. The van der Waals surface area contributed by atoms with Crippen molar-refractivity contribution in [1.82, 2.24) is 20.2 Å². The molecular formula is C15H16N6OS. The Kier molecular flexibility index (Phi) is 3.45. The van der Waals surface area contributed by atoms with Gasteiger partial charge in [-0.1, -0.05) is 0 Å². The summed E-state index contributed by atoms with van der Waals surface area (Å²) >= 11 is 1.58. The summed E-state index contributed by atoms with van der Waals surface area (Å²) in [6.45, 7) is 2.72. The average Bonchev–Trinajstić information content (AvgIpc) is 3.26. The molecule has 0 saturated carbocycles. The number of aromatic amines is 1. The van der Waals surface area contributed by atoms with Gasteiger partial charge in [0.1, 0.15) is 23.0 Å². The molecule has 0 aromatic carbocycles. The summed E-state index contributed by atoms with van der Waals surface area (Å²) < 4.78 is 0. The van der Waals surface area contributed by atoms with Crippen molar-refractivity contribution in [3.8, 4) is 0 Å². The van der Waals surface area contributed by atoms with Gasteiger partial charge >= 0.3 is 0 Å². The molecule has 0 aliphatic carbocycles. The first-order valence-electron chi connectivity index (χ1n) is 7.50. The SMILES string of the molecule is Cc1cc(NC(=O)C2CCCN2c2ncnc3sccc23)n[nH]1. The van der Waals surface area contributed by atoms with E-state index in [1.165, 1.54) is 0 Å². The standard InChI is InChI=1S/C15H16N6OS/c1-9-7-12(20-19-9)18-14(22)11-3-2-5-21(11)13-10-4-6-23-15(10)17-8-16-13/h4,6-8,11H,2-3,5H2,1H3,(H2,18,19,20,22). The van der Waals surface area contributed by atoms with Crippen LogP contribution < -0.4 is 10.2 Å². The van der Waals surface area contributed by atoms with Gasteiger partial charge in [-0.2, -0.15) is 5.10 Å². The number of nitrogens with one attached hydrogen (secondary N) is 2. The monoisotopic (exact) mass is 328 g/mol. The highest BCUT2D eigenvalue weighted by molar-refractivity contribution is 7.16. The Labute approximate surface area is 136 Å². The van der Waals surface area contributed by atoms with Gasteiger partial charge in [-0.3, -0.25) is 9.89 Å². The zero-order valence-corrected chi connectivity index (χ0v) is 13.4. The van der Waals surface area contributed by atoms with Crippen LogP contribution in [0.4, 0.5) is 11.6 Å². The number of aryl methyl sites for hydroxylation is 1. The van der Waals surface area contributed by atoms with Crippen molar-refractivity contribution in [2.75, 3.05) is 16.8 Å². The summed E-state index contributed by atoms with van der Waals surface area (Å²) in [4.78, 5) is 24.4. The molecule has 0 spiro atoms. The highest BCUT2D eigenvalue weighted by Crippen LogP contribution is 2.32. The number of rotatable bonds is 3. The van der Waals surface area contributed by atoms with Crippen molar-refractivity contribution in [3.63, 3.8) is 0 Å². The third kappa shape index (κ3) is 2.55. The number of nitrogens with zero attached hydrogens (tertiary/aromatic N) is 4. The van der Waals surface area contributed by atoms with E-state index in [0.29, 0.717) is 5.82 Å². The smallest absolute Gasteiger partial charge is 0.248 e. The van der Waals surface area contributed by atoms with E-state index in [0.717, 1.165) is 41.1 Å². The highest BCUT2D eigenvalue weighted by atomic mass is 32.1. The molecule has 0 bridgehead atoms. The molecule has 1 aliphatic heterocycles. The van der Waals surface area contributed by atoms with Crippen LogP contribution in [0.15, 0.2) is 23.8 Å². The van der Waals surface area contributed by atoms with E-state index in [4.69, 9.17) is 0 Å². The summed E-state index contributed by atoms with van der Waals surface area (Å²) in [5.41, 5.74) is 0.916. The Morgan fingerprint density at radius 1 is 1.48 bits per heavy atom. The zero-order chi connectivity index (χ0) is 15.8. The number of fused-ring (bicyclic) bond motifs is 1. The van der Waals surface area contributed by atoms with Gasteiger partial charge < -0.3 is 10.2 Å². The average molecular weight is 328 g/mol. The van der Waals surface area contributed by atoms with Crippen LogP contribution >= 0.6 is 11.3 Å². The highest BCUT2D eigenvalue weighted by Gasteiger charge is 2.33. The van der Waals surface area contributed by atoms with Crippen molar-refractivity contribution in [1.29, 1.82) is 0 Å². The fraction of sp³-hybridized carbons (Fsp3) is 0.333. The van der Waals surface area contributed by atoms with Crippen LogP contribution in [-0.4, -0.2) is 38.7 Å². The minimum Gasteiger partial charge on any atom is -0.344 e. The topological polar surface area (TPSA) is 86.8 Å². The van der Waals surface area contributed by atoms with Crippen LogP contribution in [0.1, 0.15) is 18.5 Å². The van der Waals surface area contributed by atoms with E-state index in [1.807, 2.05) is 24.4 Å². The number of H-pyrrole nitrogens is 1. The lowest BCUT2D eigenvalue weighted by Gasteiger charge is -2.24. The van der Waals surface area contributed by atoms with Crippen molar-refractivity contribution in [2.45, 2.75) is 25.8 Å². The van der Waals surface area contributed by atoms with Crippen LogP contribution in [0.2, 0.25) is 0 Å². The largest absolute Gasteiger partial charge is 0.344 e. The number of hydrogen-bond donors (Lipinski definition) is 2. The predicted octanol–water partition coefficient (Wildman–Crippen LogP) is 2.33. The first-order chi connectivity index (χ1) is 11.2. The number of carbonyl (C=O) groups is 1. The molecule has 8 heteroatoms. The van der Waals surface area contributed by atoms with Crippen molar-refractivity contribution in [3.05, 3.63) is 29.5 Å². The Morgan fingerprint density at radius 2 is 2.39 bits per heavy atom. The summed E-state index contributed by atoms with van der Waals surface area (Å²) in [6, 6.07) is 3.60. The Morgan fingerprint density at radius 3 is 3.22 bits per heavy atom. The quantitative estimate of drug-likeness (QED) is 0.770. The summed E-state index contributed by atoms with van der Waals surface area (Å²) in [5, 5.41) is 12.8. The molecule has 3 aromatic heterocycles. The van der Waals surface area contributed by atoms with Crippen LogP contribution in [0, 0.1) is 6.92 Å². The molecule has 1 fully saturated rings. The number of carbonyl (C=O) groups excluding carboxylic acids is 1. The lowest BCUT2D eigenvalue weighted by atomic mass is 10.2. The molecule has 118 valence electrons. The molecule has 4 rings (SSSR count). The molecule has 1 atom stereocenters. The second-order valence-electron chi connectivity index (χ2n) is 5.61. The molecule has 0 radical (unpaired) electrons. The van der Waals surface area contributed by atoms with E-state index >= 15 is 0 Å². The molecule has 1 unspecified atom stereocenters. The fourth-order valence-electron chi connectivity index (χ4n) is 2.99. The first-order valence-corrected chi connectivity index (χ1v) is 8.38. The van der Waals surface area contributed by atoms with Crippen molar-refractivity contribution in [2.24, 2.45) is 0 Å². The van der Waals surface area contributed by atoms with Crippen molar-refractivity contribution >= 4 is 39.1 Å². The van der Waals surface area contributed by atoms with E-state index in [2.05, 4.69) is 30.4 Å². The lowest BCUT2D eigenvalue weighted by molar-refractivity contribution is -0.117. The maximum Gasteiger partial charge on any atom is 0.248 e. The summed E-state index contributed by atoms with van der Waals surface area (Å²) in [5.74, 6) is 1.35. The van der Waals surface area contributed by atoms with Crippen LogP contribution in [0.3, 0.4) is 0 Å². The molecule has 1 saturated heterocycles. The van der Waals surface area contributed by atoms with E-state index in [9.17, 15) is 4.79 Å². The maximum absolute atomic E-state index is 12.6. The minimum absolute atomic E-state index is 0.0454. The normalized spacial score (nSPS) is 17.8. The fourth-order valence-corrected chi connectivity index (χ4v) is 3.72. The molecule has 4 heterocycles. The van der Waals surface area contributed by atoms with E-state index in [1.54, 1.807) is 17.7 Å². The molecular weight excluding hydrogens is 312 g/mol. The number of amides is 1. The third-order valence-electron chi connectivity index (χ3n) is 4.03. The minimum atomic E-state index is -0.231. The second-order valence-corrected chi connectivity index (χ2v) is 6.51. The van der Waals surface area contributed by atoms with Crippen LogP contribution in [-0.2, 0) is 4.79 Å². The Balaban J connectivity index is 1.61. The van der Waals surface area contributed by atoms with Gasteiger partial charge in [-0.15, -0.1) is 11.3 Å². The van der Waals surface area contributed by atoms with Crippen molar-refractivity contribution < 1.29 is 4.79 Å². The Bertz CT molecular complexity index is 856. The molecule has 2 N–H and O–H groups in total. The first kappa shape index (κ1) is 14.1. The van der Waals surface area contributed by atoms with Gasteiger partial charge in [0, 0.05) is 18.3 Å². The molecule has 3 aromatic rings. The van der Waals surface area contributed by atoms with Gasteiger partial charge in [0.15, 0.2) is 5.82 Å². The van der Waals surface area contributed by atoms with Gasteiger partial charge in [-0.05, 0) is 31.2 Å². The Hall–Kier alpha value is -2.48. The number of anilines is 2. The lowest BCUT2D eigenvalue weighted by Crippen LogP contribution is -2.40. The summed E-state index contributed by atoms with van der Waals surface area (Å²) in [7, 11) is 0. The van der Waals surface area contributed by atoms with Crippen LogP contribution in [0.5, 0.6) is 0 Å². The van der Waals surface area contributed by atoms with E-state index in [-0.39, 0.29) is 11.9 Å². The number of aromatic nitrogens is 4. The third-order valence-corrected chi connectivity index (χ3v) is 4.85. The van der Waals surface area contributed by atoms with Gasteiger partial charge in [-0.25, -0.2) is 9.97 Å². The number of hydrogen-bond acceptors (Lipinski definition) is 6. The predicted molar refractivity (Wildman–Crippen MR) is 89.7 cm³/mol. The van der Waals surface area contributed by atoms with Gasteiger partial charge in [0.2, 0.25) is 5.91 Å². The number of thiophene rings is 1. The zero-order valence-electron chi connectivity index (χ0n) is 12.6. The van der Waals surface area contributed by atoms with Gasteiger partial charge in [0.25, 0.3) is 0 Å². The molecule has 1 aliphatic rings. The maximum atomic E-state index is 12.6. The molecule has 7 nitrogen and oxygen atoms in total. The summed E-state index contributed by atoms with van der Waals surface area (Å²) in [6.07, 6.45) is 3.34. The molecule has 23 heavy (non-hydrogen) atoms. The van der Waals surface area contributed by atoms with Crippen LogP contribution in [0.25, 0.3) is 10.2 Å². The van der Waals surface area contributed by atoms with Gasteiger partial charge in [0.05, 0.1) is 5.39 Å².